The highest BCUT2D eigenvalue weighted by atomic mass is 19.4. The van der Waals surface area contributed by atoms with Gasteiger partial charge < -0.3 is 10.6 Å². The highest BCUT2D eigenvalue weighted by Gasteiger charge is 2.35. The van der Waals surface area contributed by atoms with Crippen LogP contribution in [0.5, 0.6) is 0 Å². The molecular weight excluding hydrogens is 255 g/mol. The summed E-state index contributed by atoms with van der Waals surface area (Å²) < 4.78 is 38.2. The number of alkyl halides is 3. The van der Waals surface area contributed by atoms with E-state index in [1.807, 2.05) is 0 Å². The second-order valence-electron chi connectivity index (χ2n) is 4.90. The molecule has 0 aliphatic carbocycles. The summed E-state index contributed by atoms with van der Waals surface area (Å²) in [6.45, 7) is 4.13. The second kappa shape index (κ2) is 5.77. The molecule has 1 aromatic rings. The molecule has 0 saturated carbocycles. The number of aromatic nitrogens is 1. The van der Waals surface area contributed by atoms with E-state index in [0.29, 0.717) is 18.2 Å². The fourth-order valence-electron chi connectivity index (χ4n) is 2.35. The number of hydrogen-bond acceptors (Lipinski definition) is 3. The Hall–Kier alpha value is -1.30. The van der Waals surface area contributed by atoms with Crippen LogP contribution >= 0.6 is 0 Å². The first kappa shape index (κ1) is 14.1. The van der Waals surface area contributed by atoms with Gasteiger partial charge in [-0.15, -0.1) is 0 Å². The number of halogens is 3. The third-order valence-corrected chi connectivity index (χ3v) is 3.51. The van der Waals surface area contributed by atoms with Crippen molar-refractivity contribution < 1.29 is 13.2 Å². The van der Waals surface area contributed by atoms with Crippen molar-refractivity contribution in [1.82, 2.24) is 10.3 Å². The Morgan fingerprint density at radius 3 is 2.68 bits per heavy atom. The molecular formula is C13H18F3N3. The van der Waals surface area contributed by atoms with Gasteiger partial charge in [-0.25, -0.2) is 0 Å². The third kappa shape index (κ3) is 3.59. The molecule has 19 heavy (non-hydrogen) atoms. The predicted molar refractivity (Wildman–Crippen MR) is 68.1 cm³/mol. The van der Waals surface area contributed by atoms with Gasteiger partial charge in [0.2, 0.25) is 0 Å². The Morgan fingerprint density at radius 2 is 2.05 bits per heavy atom. The molecule has 1 saturated heterocycles. The quantitative estimate of drug-likeness (QED) is 0.889. The maximum absolute atomic E-state index is 12.7. The van der Waals surface area contributed by atoms with E-state index in [-0.39, 0.29) is 5.56 Å². The van der Waals surface area contributed by atoms with Crippen molar-refractivity contribution in [3.05, 3.63) is 23.5 Å². The van der Waals surface area contributed by atoms with Gasteiger partial charge in [-0.2, -0.15) is 13.2 Å². The van der Waals surface area contributed by atoms with Gasteiger partial charge >= 0.3 is 6.18 Å². The number of pyridine rings is 1. The molecule has 2 rings (SSSR count). The predicted octanol–water partition coefficient (Wildman–Crippen LogP) is 2.82. The minimum Gasteiger partial charge on any atom is -0.384 e. The molecule has 3 nitrogen and oxygen atoms in total. The van der Waals surface area contributed by atoms with Gasteiger partial charge in [0.1, 0.15) is 5.69 Å². The fraction of sp³-hybridized carbons (Fsp3) is 0.615. The normalized spacial score (nSPS) is 17.5. The van der Waals surface area contributed by atoms with E-state index in [9.17, 15) is 13.2 Å². The molecule has 0 bridgehead atoms. The number of rotatable bonds is 3. The van der Waals surface area contributed by atoms with Crippen LogP contribution in [0.25, 0.3) is 0 Å². The van der Waals surface area contributed by atoms with Crippen LogP contribution in [0.3, 0.4) is 0 Å². The number of hydrogen-bond donors (Lipinski definition) is 2. The fourth-order valence-corrected chi connectivity index (χ4v) is 2.35. The van der Waals surface area contributed by atoms with Gasteiger partial charge in [-0.3, -0.25) is 4.98 Å². The van der Waals surface area contributed by atoms with E-state index in [0.717, 1.165) is 25.9 Å². The molecule has 2 N–H and O–H groups in total. The van der Waals surface area contributed by atoms with E-state index in [1.165, 1.54) is 13.1 Å². The minimum atomic E-state index is -4.39. The maximum atomic E-state index is 12.7. The Labute approximate surface area is 110 Å². The first-order valence-corrected chi connectivity index (χ1v) is 6.46. The molecule has 2 heterocycles. The van der Waals surface area contributed by atoms with Crippen molar-refractivity contribution in [1.29, 1.82) is 0 Å². The molecule has 1 aliphatic heterocycles. The first-order valence-electron chi connectivity index (χ1n) is 6.46. The lowest BCUT2D eigenvalue weighted by Gasteiger charge is -2.24. The average molecular weight is 273 g/mol. The van der Waals surface area contributed by atoms with Gasteiger partial charge in [0.15, 0.2) is 0 Å². The van der Waals surface area contributed by atoms with Crippen LogP contribution in [0.2, 0.25) is 0 Å². The van der Waals surface area contributed by atoms with E-state index in [2.05, 4.69) is 15.6 Å². The first-order chi connectivity index (χ1) is 8.98. The summed E-state index contributed by atoms with van der Waals surface area (Å²) in [6.07, 6.45) is -1.07. The standard InChI is InChI=1S/C13H18F3N3/c1-9-11(4-7-18-12(9)13(14,15)16)19-8-10-2-5-17-6-3-10/h4,7,10,17H,2-3,5-6,8H2,1H3,(H,18,19). The van der Waals surface area contributed by atoms with Crippen LogP contribution in [0, 0.1) is 12.8 Å². The average Bonchev–Trinajstić information content (AvgIpc) is 2.37. The molecule has 0 atom stereocenters. The van der Waals surface area contributed by atoms with Crippen molar-refractivity contribution in [3.8, 4) is 0 Å². The van der Waals surface area contributed by atoms with Crippen LogP contribution < -0.4 is 10.6 Å². The summed E-state index contributed by atoms with van der Waals surface area (Å²) in [5.41, 5.74) is -0.104. The van der Waals surface area contributed by atoms with Crippen LogP contribution in [0.15, 0.2) is 12.3 Å². The maximum Gasteiger partial charge on any atom is 0.433 e. The minimum absolute atomic E-state index is 0.170. The van der Waals surface area contributed by atoms with Crippen LogP contribution in [0.4, 0.5) is 18.9 Å². The molecule has 0 spiro atoms. The van der Waals surface area contributed by atoms with E-state index >= 15 is 0 Å². The van der Waals surface area contributed by atoms with Crippen molar-refractivity contribution in [3.63, 3.8) is 0 Å². The molecule has 106 valence electrons. The second-order valence-corrected chi connectivity index (χ2v) is 4.90. The zero-order chi connectivity index (χ0) is 13.9. The summed E-state index contributed by atoms with van der Waals surface area (Å²) in [6, 6.07) is 1.60. The highest BCUT2D eigenvalue weighted by molar-refractivity contribution is 5.52. The van der Waals surface area contributed by atoms with Crippen LogP contribution in [-0.4, -0.2) is 24.6 Å². The summed E-state index contributed by atoms with van der Waals surface area (Å²) in [5, 5.41) is 6.39. The van der Waals surface area contributed by atoms with Gasteiger partial charge in [0, 0.05) is 24.0 Å². The number of nitrogens with one attached hydrogen (secondary N) is 2. The van der Waals surface area contributed by atoms with Crippen molar-refractivity contribution >= 4 is 5.69 Å². The molecule has 0 amide bonds. The molecule has 0 radical (unpaired) electrons. The van der Waals surface area contributed by atoms with Crippen LogP contribution in [0.1, 0.15) is 24.1 Å². The van der Waals surface area contributed by atoms with Gasteiger partial charge in [0.05, 0.1) is 0 Å². The van der Waals surface area contributed by atoms with Gasteiger partial charge in [-0.1, -0.05) is 0 Å². The molecule has 0 aromatic carbocycles. The van der Waals surface area contributed by atoms with E-state index in [1.54, 1.807) is 6.07 Å². The van der Waals surface area contributed by atoms with Crippen molar-refractivity contribution in [2.24, 2.45) is 5.92 Å². The number of piperidine rings is 1. The van der Waals surface area contributed by atoms with E-state index in [4.69, 9.17) is 0 Å². The van der Waals surface area contributed by atoms with Crippen LogP contribution in [-0.2, 0) is 6.18 Å². The third-order valence-electron chi connectivity index (χ3n) is 3.51. The molecule has 6 heteroatoms. The molecule has 0 unspecified atom stereocenters. The Morgan fingerprint density at radius 1 is 1.37 bits per heavy atom. The lowest BCUT2D eigenvalue weighted by atomic mass is 9.98. The lowest BCUT2D eigenvalue weighted by molar-refractivity contribution is -0.141. The summed E-state index contributed by atoms with van der Waals surface area (Å²) in [4.78, 5) is 3.43. The largest absolute Gasteiger partial charge is 0.433 e. The van der Waals surface area contributed by atoms with Crippen molar-refractivity contribution in [2.75, 3.05) is 25.0 Å². The van der Waals surface area contributed by atoms with E-state index < -0.39 is 11.9 Å². The number of nitrogens with zero attached hydrogens (tertiary/aromatic N) is 1. The zero-order valence-electron chi connectivity index (χ0n) is 10.8. The Balaban J connectivity index is 2.04. The highest BCUT2D eigenvalue weighted by Crippen LogP contribution is 2.32. The summed E-state index contributed by atoms with van der Waals surface area (Å²) in [5.74, 6) is 0.517. The van der Waals surface area contributed by atoms with Crippen molar-refractivity contribution in [2.45, 2.75) is 25.9 Å². The molecule has 1 fully saturated rings. The Bertz CT molecular complexity index is 426. The SMILES string of the molecule is Cc1c(NCC2CCNCC2)ccnc1C(F)(F)F. The smallest absolute Gasteiger partial charge is 0.384 e. The zero-order valence-corrected chi connectivity index (χ0v) is 10.8. The van der Waals surface area contributed by atoms with Gasteiger partial charge in [0.25, 0.3) is 0 Å². The Kier molecular flexibility index (Phi) is 4.29. The summed E-state index contributed by atoms with van der Waals surface area (Å²) in [7, 11) is 0. The molecule has 1 aromatic heterocycles. The number of anilines is 1. The topological polar surface area (TPSA) is 37.0 Å². The lowest BCUT2D eigenvalue weighted by Crippen LogP contribution is -2.31. The molecule has 1 aliphatic rings. The summed E-state index contributed by atoms with van der Waals surface area (Å²) >= 11 is 0. The monoisotopic (exact) mass is 273 g/mol. The van der Waals surface area contributed by atoms with Gasteiger partial charge in [-0.05, 0) is 44.8 Å².